The molecule has 0 unspecified atom stereocenters. The predicted molar refractivity (Wildman–Crippen MR) is 66.5 cm³/mol. The van der Waals surface area contributed by atoms with E-state index in [9.17, 15) is 9.59 Å². The van der Waals surface area contributed by atoms with Crippen LogP contribution in [0.1, 0.15) is 10.4 Å². The third-order valence-electron chi connectivity index (χ3n) is 1.86. The molecule has 0 saturated heterocycles. The Morgan fingerprint density at radius 1 is 1.41 bits per heavy atom. The molecule has 17 heavy (non-hydrogen) atoms. The van der Waals surface area contributed by atoms with Crippen molar-refractivity contribution in [1.29, 1.82) is 0 Å². The summed E-state index contributed by atoms with van der Waals surface area (Å²) in [5.41, 5.74) is 5.45. The fraction of sp³-hybridized carbons (Fsp3) is 0.273. The van der Waals surface area contributed by atoms with Crippen molar-refractivity contribution in [2.24, 2.45) is 5.73 Å². The molecule has 5 nitrogen and oxygen atoms in total. The number of hydrogen-bond donors (Lipinski definition) is 2. The van der Waals surface area contributed by atoms with Crippen LogP contribution in [-0.2, 0) is 9.53 Å². The summed E-state index contributed by atoms with van der Waals surface area (Å²) in [6.07, 6.45) is 0. The SMILES string of the molecule is NC(=O)COCCNC(=O)c1cccc(Br)c1. The van der Waals surface area contributed by atoms with Crippen LogP contribution < -0.4 is 11.1 Å². The highest BCUT2D eigenvalue weighted by molar-refractivity contribution is 9.10. The minimum Gasteiger partial charge on any atom is -0.370 e. The van der Waals surface area contributed by atoms with Crippen molar-refractivity contribution in [1.82, 2.24) is 5.32 Å². The number of ether oxygens (including phenoxy) is 1. The van der Waals surface area contributed by atoms with Gasteiger partial charge in [-0.2, -0.15) is 0 Å². The van der Waals surface area contributed by atoms with E-state index in [2.05, 4.69) is 21.2 Å². The van der Waals surface area contributed by atoms with Crippen LogP contribution in [0.15, 0.2) is 28.7 Å². The van der Waals surface area contributed by atoms with Gasteiger partial charge in [-0.1, -0.05) is 22.0 Å². The Morgan fingerprint density at radius 2 is 2.18 bits per heavy atom. The number of hydrogen-bond acceptors (Lipinski definition) is 3. The lowest BCUT2D eigenvalue weighted by Gasteiger charge is -2.05. The number of amides is 2. The number of nitrogens with one attached hydrogen (secondary N) is 1. The van der Waals surface area contributed by atoms with E-state index in [1.54, 1.807) is 18.2 Å². The summed E-state index contributed by atoms with van der Waals surface area (Å²) in [7, 11) is 0. The molecule has 0 bridgehead atoms. The van der Waals surface area contributed by atoms with E-state index >= 15 is 0 Å². The quantitative estimate of drug-likeness (QED) is 0.758. The molecule has 0 aromatic heterocycles. The van der Waals surface area contributed by atoms with E-state index in [1.807, 2.05) is 6.07 Å². The van der Waals surface area contributed by atoms with Gasteiger partial charge in [-0.05, 0) is 18.2 Å². The molecule has 3 N–H and O–H groups in total. The first-order valence-corrected chi connectivity index (χ1v) is 5.78. The lowest BCUT2D eigenvalue weighted by atomic mass is 10.2. The number of benzene rings is 1. The largest absolute Gasteiger partial charge is 0.370 e. The Hall–Kier alpha value is -1.40. The molecule has 0 heterocycles. The Kier molecular flexibility index (Phi) is 5.65. The molecule has 0 aliphatic rings. The van der Waals surface area contributed by atoms with Crippen LogP contribution in [0.5, 0.6) is 0 Å². The van der Waals surface area contributed by atoms with Gasteiger partial charge >= 0.3 is 0 Å². The summed E-state index contributed by atoms with van der Waals surface area (Å²) in [5, 5.41) is 2.66. The lowest BCUT2D eigenvalue weighted by Crippen LogP contribution is -2.28. The number of carbonyl (C=O) groups is 2. The molecule has 92 valence electrons. The van der Waals surface area contributed by atoms with Crippen molar-refractivity contribution >= 4 is 27.7 Å². The molecular formula is C11H13BrN2O3. The van der Waals surface area contributed by atoms with Crippen LogP contribution in [0.4, 0.5) is 0 Å². The van der Waals surface area contributed by atoms with Crippen molar-refractivity contribution in [2.45, 2.75) is 0 Å². The normalized spacial score (nSPS) is 9.94. The van der Waals surface area contributed by atoms with Crippen molar-refractivity contribution in [3.05, 3.63) is 34.3 Å². The Labute approximate surface area is 107 Å². The molecule has 1 aromatic rings. The molecule has 0 spiro atoms. The van der Waals surface area contributed by atoms with Gasteiger partial charge in [0.1, 0.15) is 6.61 Å². The van der Waals surface area contributed by atoms with Crippen molar-refractivity contribution in [2.75, 3.05) is 19.8 Å². The molecule has 0 aliphatic heterocycles. The van der Waals surface area contributed by atoms with E-state index in [0.717, 1.165) is 4.47 Å². The highest BCUT2D eigenvalue weighted by Crippen LogP contribution is 2.11. The zero-order valence-electron chi connectivity index (χ0n) is 9.11. The second-order valence-electron chi connectivity index (χ2n) is 3.29. The number of rotatable bonds is 6. The molecule has 0 aliphatic carbocycles. The van der Waals surface area contributed by atoms with Gasteiger partial charge in [0.2, 0.25) is 5.91 Å². The molecule has 0 atom stereocenters. The smallest absolute Gasteiger partial charge is 0.251 e. The minimum atomic E-state index is -0.525. The van der Waals surface area contributed by atoms with Crippen LogP contribution in [-0.4, -0.2) is 31.6 Å². The first kappa shape index (κ1) is 13.7. The number of carbonyl (C=O) groups excluding carboxylic acids is 2. The highest BCUT2D eigenvalue weighted by Gasteiger charge is 2.04. The summed E-state index contributed by atoms with van der Waals surface area (Å²) in [5.74, 6) is -0.711. The molecule has 2 amide bonds. The van der Waals surface area contributed by atoms with Crippen LogP contribution in [0.2, 0.25) is 0 Å². The zero-order chi connectivity index (χ0) is 12.7. The summed E-state index contributed by atoms with van der Waals surface area (Å²) in [4.78, 5) is 22.0. The van der Waals surface area contributed by atoms with Crippen LogP contribution in [0, 0.1) is 0 Å². The van der Waals surface area contributed by atoms with Gasteiger partial charge in [0.15, 0.2) is 0 Å². The van der Waals surface area contributed by atoms with Crippen LogP contribution >= 0.6 is 15.9 Å². The average molecular weight is 301 g/mol. The first-order valence-electron chi connectivity index (χ1n) is 4.99. The van der Waals surface area contributed by atoms with Gasteiger partial charge in [-0.3, -0.25) is 9.59 Å². The molecule has 0 radical (unpaired) electrons. The highest BCUT2D eigenvalue weighted by atomic mass is 79.9. The summed E-state index contributed by atoms with van der Waals surface area (Å²) < 4.78 is 5.75. The maximum atomic E-state index is 11.6. The van der Waals surface area contributed by atoms with Crippen molar-refractivity contribution < 1.29 is 14.3 Å². The maximum Gasteiger partial charge on any atom is 0.251 e. The molecule has 6 heteroatoms. The molecule has 1 rings (SSSR count). The summed E-state index contributed by atoms with van der Waals surface area (Å²) >= 11 is 3.28. The second-order valence-corrected chi connectivity index (χ2v) is 4.20. The van der Waals surface area contributed by atoms with Crippen molar-refractivity contribution in [3.8, 4) is 0 Å². The zero-order valence-corrected chi connectivity index (χ0v) is 10.7. The van der Waals surface area contributed by atoms with Crippen LogP contribution in [0.3, 0.4) is 0 Å². The van der Waals surface area contributed by atoms with Gasteiger partial charge in [0.25, 0.3) is 5.91 Å². The van der Waals surface area contributed by atoms with E-state index in [-0.39, 0.29) is 19.1 Å². The Bertz CT molecular complexity index is 409. The lowest BCUT2D eigenvalue weighted by molar-refractivity contribution is -0.122. The van der Waals surface area contributed by atoms with E-state index < -0.39 is 5.91 Å². The van der Waals surface area contributed by atoms with Gasteiger partial charge in [0, 0.05) is 16.6 Å². The summed E-state index contributed by atoms with van der Waals surface area (Å²) in [6, 6.07) is 7.05. The fourth-order valence-electron chi connectivity index (χ4n) is 1.14. The predicted octanol–water partition coefficient (Wildman–Crippen LogP) is 0.681. The molecule has 0 fully saturated rings. The number of halogens is 1. The second kappa shape index (κ2) is 7.03. The van der Waals surface area contributed by atoms with E-state index in [1.165, 1.54) is 0 Å². The average Bonchev–Trinajstić information content (AvgIpc) is 2.28. The fourth-order valence-corrected chi connectivity index (χ4v) is 1.54. The summed E-state index contributed by atoms with van der Waals surface area (Å²) in [6.45, 7) is 0.452. The Balaban J connectivity index is 2.28. The standard InChI is InChI=1S/C11H13BrN2O3/c12-9-3-1-2-8(6-9)11(16)14-4-5-17-7-10(13)15/h1-3,6H,4-5,7H2,(H2,13,15)(H,14,16). The number of primary amides is 1. The third-order valence-corrected chi connectivity index (χ3v) is 2.36. The number of nitrogens with two attached hydrogens (primary N) is 1. The molecular weight excluding hydrogens is 288 g/mol. The molecule has 0 saturated carbocycles. The minimum absolute atomic E-state index is 0.132. The van der Waals surface area contributed by atoms with Crippen LogP contribution in [0.25, 0.3) is 0 Å². The maximum absolute atomic E-state index is 11.6. The van der Waals surface area contributed by atoms with E-state index in [4.69, 9.17) is 10.5 Å². The molecule has 1 aromatic carbocycles. The third kappa shape index (κ3) is 5.46. The van der Waals surface area contributed by atoms with Gasteiger partial charge in [0.05, 0.1) is 6.61 Å². The Morgan fingerprint density at radius 3 is 2.82 bits per heavy atom. The van der Waals surface area contributed by atoms with Gasteiger partial charge < -0.3 is 15.8 Å². The van der Waals surface area contributed by atoms with Crippen molar-refractivity contribution in [3.63, 3.8) is 0 Å². The van der Waals surface area contributed by atoms with Gasteiger partial charge in [-0.25, -0.2) is 0 Å². The first-order chi connectivity index (χ1) is 8.09. The van der Waals surface area contributed by atoms with E-state index in [0.29, 0.717) is 12.1 Å². The topological polar surface area (TPSA) is 81.4 Å². The monoisotopic (exact) mass is 300 g/mol. The van der Waals surface area contributed by atoms with Gasteiger partial charge in [-0.15, -0.1) is 0 Å².